The molecule has 3 aliphatic rings. The number of imide groups is 2. The van der Waals surface area contributed by atoms with E-state index in [9.17, 15) is 28.8 Å². The lowest BCUT2D eigenvalue weighted by molar-refractivity contribution is -0.155. The highest BCUT2D eigenvalue weighted by Crippen LogP contribution is 2.53. The van der Waals surface area contributed by atoms with Gasteiger partial charge in [-0.3, -0.25) is 33.8 Å². The number of amides is 5. The fourth-order valence-electron chi connectivity index (χ4n) is 4.51. The third-order valence-electron chi connectivity index (χ3n) is 5.72. The summed E-state index contributed by atoms with van der Waals surface area (Å²) in [4.78, 5) is 77.8. The Hall–Kier alpha value is -2.58. The fourth-order valence-corrected chi connectivity index (χ4v) is 4.51. The molecule has 9 heteroatoms. The van der Waals surface area contributed by atoms with Crippen molar-refractivity contribution in [1.29, 1.82) is 0 Å². The Morgan fingerprint density at radius 2 is 1.24 bits per heavy atom. The van der Waals surface area contributed by atoms with Gasteiger partial charge in [0.15, 0.2) is 0 Å². The molecule has 0 bridgehead atoms. The first-order valence-corrected chi connectivity index (χ1v) is 7.94. The maximum absolute atomic E-state index is 12.7. The van der Waals surface area contributed by atoms with Gasteiger partial charge in [0.1, 0.15) is 6.29 Å². The third kappa shape index (κ3) is 2.01. The molecule has 0 aromatic rings. The van der Waals surface area contributed by atoms with Crippen LogP contribution in [0.1, 0.15) is 0 Å². The standard InChI is InChI=1S/C16H19N3O6/c1-17(2)12(21)7-6(5-20)8-10(15(24)18(3)13(8)22)11-9(7)14(23)19(4)16(11)25/h5-11H,1-4H3/t6?,7-,8+,9?,10?,11-/m1/s1. The van der Waals surface area contributed by atoms with Crippen molar-refractivity contribution in [1.82, 2.24) is 14.7 Å². The van der Waals surface area contributed by atoms with Gasteiger partial charge in [-0.1, -0.05) is 0 Å². The van der Waals surface area contributed by atoms with Gasteiger partial charge in [0.25, 0.3) is 0 Å². The second-order valence-electron chi connectivity index (χ2n) is 7.05. The first kappa shape index (κ1) is 17.2. The lowest BCUT2D eigenvalue weighted by atomic mass is 9.58. The molecule has 1 saturated carbocycles. The molecule has 2 heterocycles. The summed E-state index contributed by atoms with van der Waals surface area (Å²) in [5, 5.41) is 0. The van der Waals surface area contributed by atoms with Gasteiger partial charge in [0.2, 0.25) is 29.5 Å². The van der Waals surface area contributed by atoms with Gasteiger partial charge in [-0.2, -0.15) is 0 Å². The van der Waals surface area contributed by atoms with Gasteiger partial charge >= 0.3 is 0 Å². The quantitative estimate of drug-likeness (QED) is 0.420. The Balaban J connectivity index is 2.21. The summed E-state index contributed by atoms with van der Waals surface area (Å²) in [5.41, 5.74) is 0. The van der Waals surface area contributed by atoms with Crippen molar-refractivity contribution in [3.8, 4) is 0 Å². The van der Waals surface area contributed by atoms with Crippen LogP contribution in [-0.4, -0.2) is 78.7 Å². The number of likely N-dealkylation sites (tertiary alicyclic amines) is 2. The molecular formula is C16H19N3O6. The number of rotatable bonds is 2. The minimum Gasteiger partial charge on any atom is -0.349 e. The summed E-state index contributed by atoms with van der Waals surface area (Å²) in [6.07, 6.45) is 0.473. The topological polar surface area (TPSA) is 112 Å². The predicted octanol–water partition coefficient (Wildman–Crippen LogP) is -2.02. The van der Waals surface area contributed by atoms with E-state index in [2.05, 4.69) is 0 Å². The summed E-state index contributed by atoms with van der Waals surface area (Å²) >= 11 is 0. The number of hydrogen-bond donors (Lipinski definition) is 0. The molecular weight excluding hydrogens is 330 g/mol. The molecule has 9 nitrogen and oxygen atoms in total. The average molecular weight is 349 g/mol. The smallest absolute Gasteiger partial charge is 0.233 e. The number of carbonyl (C=O) groups excluding carboxylic acids is 6. The number of hydrogen-bond acceptors (Lipinski definition) is 6. The van der Waals surface area contributed by atoms with Gasteiger partial charge in [-0.25, -0.2) is 0 Å². The molecule has 2 aliphatic heterocycles. The van der Waals surface area contributed by atoms with E-state index in [1.54, 1.807) is 0 Å². The average Bonchev–Trinajstić information content (AvgIpc) is 2.94. The summed E-state index contributed by atoms with van der Waals surface area (Å²) in [6, 6.07) is 0. The van der Waals surface area contributed by atoms with Crippen molar-refractivity contribution in [2.75, 3.05) is 28.2 Å². The van der Waals surface area contributed by atoms with Crippen LogP contribution in [0.2, 0.25) is 0 Å². The van der Waals surface area contributed by atoms with Crippen LogP contribution in [0.3, 0.4) is 0 Å². The first-order chi connectivity index (χ1) is 11.6. The molecule has 1 aliphatic carbocycles. The van der Waals surface area contributed by atoms with Gasteiger partial charge in [-0.05, 0) is 0 Å². The Morgan fingerprint density at radius 1 is 0.840 bits per heavy atom. The SMILES string of the molecule is CN(C)C(=O)[C@@H]1C(C=O)[C@@H]2C(=O)N(C)C(=O)C2[C@@H]2C(=O)N(C)C(=O)C21. The van der Waals surface area contributed by atoms with E-state index in [-0.39, 0.29) is 0 Å². The maximum Gasteiger partial charge on any atom is 0.233 e. The zero-order chi connectivity index (χ0) is 18.8. The Bertz CT molecular complexity index is 717. The molecule has 0 aromatic carbocycles. The highest BCUT2D eigenvalue weighted by Gasteiger charge is 2.69. The van der Waals surface area contributed by atoms with Crippen molar-refractivity contribution >= 4 is 35.8 Å². The van der Waals surface area contributed by atoms with Gasteiger partial charge in [-0.15, -0.1) is 0 Å². The predicted molar refractivity (Wildman–Crippen MR) is 81.3 cm³/mol. The van der Waals surface area contributed by atoms with E-state index >= 15 is 0 Å². The van der Waals surface area contributed by atoms with Gasteiger partial charge < -0.3 is 9.69 Å². The summed E-state index contributed by atoms with van der Waals surface area (Å²) < 4.78 is 0. The normalized spacial score (nSPS) is 37.3. The van der Waals surface area contributed by atoms with Crippen LogP contribution in [0.15, 0.2) is 0 Å². The minimum absolute atomic E-state index is 0.473. The number of carbonyl (C=O) groups is 6. The molecule has 3 rings (SSSR count). The lowest BCUT2D eigenvalue weighted by Gasteiger charge is -2.40. The van der Waals surface area contributed by atoms with Crippen LogP contribution in [0.4, 0.5) is 0 Å². The van der Waals surface area contributed by atoms with Crippen LogP contribution in [-0.2, 0) is 28.8 Å². The first-order valence-electron chi connectivity index (χ1n) is 7.94. The molecule has 134 valence electrons. The molecule has 0 N–H and O–H groups in total. The van der Waals surface area contributed by atoms with Crippen molar-refractivity contribution in [2.45, 2.75) is 0 Å². The highest BCUT2D eigenvalue weighted by molar-refractivity contribution is 6.14. The third-order valence-corrected chi connectivity index (χ3v) is 5.72. The van der Waals surface area contributed by atoms with Crippen molar-refractivity contribution < 1.29 is 28.8 Å². The van der Waals surface area contributed by atoms with E-state index in [0.717, 1.165) is 9.80 Å². The van der Waals surface area contributed by atoms with E-state index in [0.29, 0.717) is 6.29 Å². The zero-order valence-electron chi connectivity index (χ0n) is 14.3. The summed E-state index contributed by atoms with van der Waals surface area (Å²) in [5.74, 6) is -9.45. The zero-order valence-corrected chi connectivity index (χ0v) is 14.3. The maximum atomic E-state index is 12.7. The molecule has 3 unspecified atom stereocenters. The molecule has 2 saturated heterocycles. The molecule has 25 heavy (non-hydrogen) atoms. The van der Waals surface area contributed by atoms with E-state index < -0.39 is 65.0 Å². The Labute approximate surface area is 143 Å². The molecule has 0 spiro atoms. The van der Waals surface area contributed by atoms with Crippen LogP contribution in [0, 0.1) is 35.5 Å². The lowest BCUT2D eigenvalue weighted by Crippen LogP contribution is -2.54. The fraction of sp³-hybridized carbons (Fsp3) is 0.625. The molecule has 5 amide bonds. The monoisotopic (exact) mass is 349 g/mol. The van der Waals surface area contributed by atoms with Crippen molar-refractivity contribution in [3.05, 3.63) is 0 Å². The number of aldehydes is 1. The van der Waals surface area contributed by atoms with Crippen LogP contribution in [0.25, 0.3) is 0 Å². The summed E-state index contributed by atoms with van der Waals surface area (Å²) in [7, 11) is 5.53. The van der Waals surface area contributed by atoms with Crippen LogP contribution < -0.4 is 0 Å². The van der Waals surface area contributed by atoms with Crippen LogP contribution >= 0.6 is 0 Å². The van der Waals surface area contributed by atoms with Gasteiger partial charge in [0.05, 0.1) is 29.6 Å². The van der Waals surface area contributed by atoms with Crippen LogP contribution in [0.5, 0.6) is 0 Å². The van der Waals surface area contributed by atoms with E-state index in [4.69, 9.17) is 0 Å². The second-order valence-corrected chi connectivity index (χ2v) is 7.05. The second kappa shape index (κ2) is 5.47. The molecule has 3 fully saturated rings. The van der Waals surface area contributed by atoms with E-state index in [1.807, 2.05) is 0 Å². The van der Waals surface area contributed by atoms with Crippen molar-refractivity contribution in [3.63, 3.8) is 0 Å². The van der Waals surface area contributed by atoms with Crippen molar-refractivity contribution in [2.24, 2.45) is 35.5 Å². The molecule has 0 radical (unpaired) electrons. The largest absolute Gasteiger partial charge is 0.349 e. The highest BCUT2D eigenvalue weighted by atomic mass is 16.2. The molecule has 0 aromatic heterocycles. The molecule has 6 atom stereocenters. The van der Waals surface area contributed by atoms with E-state index in [1.165, 1.54) is 33.1 Å². The Kier molecular flexibility index (Phi) is 3.77. The summed E-state index contributed by atoms with van der Waals surface area (Å²) in [6.45, 7) is 0. The number of nitrogens with zero attached hydrogens (tertiary/aromatic N) is 3. The Morgan fingerprint density at radius 3 is 1.68 bits per heavy atom. The minimum atomic E-state index is -1.14. The van der Waals surface area contributed by atoms with Gasteiger partial charge in [0, 0.05) is 34.1 Å². The number of fused-ring (bicyclic) bond motifs is 3.